The lowest BCUT2D eigenvalue weighted by atomic mass is 10.2. The molecule has 0 saturated heterocycles. The van der Waals surface area contributed by atoms with Gasteiger partial charge in [0.25, 0.3) is 0 Å². The number of fused-ring (bicyclic) bond motifs is 1. The molecular formula is C18H16BrN5O3S. The number of amides is 1. The Morgan fingerprint density at radius 2 is 1.96 bits per heavy atom. The van der Waals surface area contributed by atoms with E-state index in [0.29, 0.717) is 40.3 Å². The monoisotopic (exact) mass is 461 g/mol. The number of nitrogens with two attached hydrogens (primary N) is 1. The number of thioether (sulfide) groups is 1. The van der Waals surface area contributed by atoms with Gasteiger partial charge in [0, 0.05) is 34.0 Å². The minimum Gasteiger partial charge on any atom is -0.454 e. The quantitative estimate of drug-likeness (QED) is 0.428. The summed E-state index contributed by atoms with van der Waals surface area (Å²) in [5.74, 6) is 8.39. The van der Waals surface area contributed by atoms with E-state index < -0.39 is 0 Å². The molecule has 0 fully saturated rings. The van der Waals surface area contributed by atoms with Gasteiger partial charge in [0.1, 0.15) is 0 Å². The predicted octanol–water partition coefficient (Wildman–Crippen LogP) is 3.27. The molecule has 0 saturated carbocycles. The molecule has 0 atom stereocenters. The van der Waals surface area contributed by atoms with Gasteiger partial charge in [-0.25, -0.2) is 4.68 Å². The average Bonchev–Trinajstić information content (AvgIpc) is 3.29. The highest BCUT2D eigenvalue weighted by Gasteiger charge is 2.15. The first-order chi connectivity index (χ1) is 13.6. The Labute approximate surface area is 173 Å². The van der Waals surface area contributed by atoms with Gasteiger partial charge in [-0.3, -0.25) is 4.79 Å². The van der Waals surface area contributed by atoms with Crippen LogP contribution in [0, 0.1) is 0 Å². The highest BCUT2D eigenvalue weighted by atomic mass is 79.9. The largest absolute Gasteiger partial charge is 0.454 e. The Balaban J connectivity index is 1.31. The summed E-state index contributed by atoms with van der Waals surface area (Å²) < 4.78 is 13.0. The minimum atomic E-state index is -0.109. The number of carbonyl (C=O) groups excluding carboxylic acids is 1. The maximum Gasteiger partial charge on any atom is 0.231 e. The molecule has 10 heteroatoms. The Hall–Kier alpha value is -2.72. The molecule has 4 rings (SSSR count). The molecule has 28 heavy (non-hydrogen) atoms. The van der Waals surface area contributed by atoms with Gasteiger partial charge < -0.3 is 20.6 Å². The number of carbonyl (C=O) groups is 1. The summed E-state index contributed by atoms with van der Waals surface area (Å²) in [6, 6.07) is 12.9. The molecule has 1 amide bonds. The third-order valence-electron chi connectivity index (χ3n) is 3.98. The van der Waals surface area contributed by atoms with Crippen LogP contribution in [0.1, 0.15) is 6.42 Å². The smallest absolute Gasteiger partial charge is 0.231 e. The van der Waals surface area contributed by atoms with Crippen LogP contribution in [0.25, 0.3) is 11.4 Å². The molecule has 0 unspecified atom stereocenters. The number of nitrogens with one attached hydrogen (secondary N) is 1. The molecule has 1 aliphatic heterocycles. The highest BCUT2D eigenvalue weighted by molar-refractivity contribution is 9.10. The summed E-state index contributed by atoms with van der Waals surface area (Å²) in [6.45, 7) is 0.200. The number of ether oxygens (including phenoxy) is 2. The van der Waals surface area contributed by atoms with Gasteiger partial charge in [0.05, 0.1) is 0 Å². The molecule has 1 aromatic heterocycles. The first-order valence-corrected chi connectivity index (χ1v) is 10.2. The predicted molar refractivity (Wildman–Crippen MR) is 110 cm³/mol. The fourth-order valence-corrected chi connectivity index (χ4v) is 3.66. The number of hydrogen-bond donors (Lipinski definition) is 2. The lowest BCUT2D eigenvalue weighted by Gasteiger charge is -2.06. The molecule has 3 N–H and O–H groups in total. The van der Waals surface area contributed by atoms with Crippen LogP contribution in [0.2, 0.25) is 0 Å². The fraction of sp³-hybridized carbons (Fsp3) is 0.167. The van der Waals surface area contributed by atoms with Crippen LogP contribution in [0.4, 0.5) is 5.69 Å². The van der Waals surface area contributed by atoms with E-state index in [1.807, 2.05) is 24.3 Å². The second-order valence-corrected chi connectivity index (χ2v) is 7.88. The fourth-order valence-electron chi connectivity index (χ4n) is 2.60. The first-order valence-electron chi connectivity index (χ1n) is 8.39. The molecule has 144 valence electrons. The van der Waals surface area contributed by atoms with Crippen molar-refractivity contribution >= 4 is 39.3 Å². The number of nitrogen functional groups attached to an aromatic ring is 1. The van der Waals surface area contributed by atoms with E-state index in [1.165, 1.54) is 16.4 Å². The number of hydrogen-bond acceptors (Lipinski definition) is 7. The summed E-state index contributed by atoms with van der Waals surface area (Å²) in [5.41, 5.74) is 1.53. The lowest BCUT2D eigenvalue weighted by Crippen LogP contribution is -2.14. The maximum absolute atomic E-state index is 12.2. The van der Waals surface area contributed by atoms with E-state index >= 15 is 0 Å². The zero-order chi connectivity index (χ0) is 19.5. The van der Waals surface area contributed by atoms with Crippen LogP contribution >= 0.6 is 27.7 Å². The van der Waals surface area contributed by atoms with E-state index in [2.05, 4.69) is 31.4 Å². The Morgan fingerprint density at radius 1 is 1.18 bits per heavy atom. The zero-order valence-electron chi connectivity index (χ0n) is 14.6. The number of nitrogens with zero attached hydrogens (tertiary/aromatic N) is 3. The molecule has 2 heterocycles. The van der Waals surface area contributed by atoms with Crippen molar-refractivity contribution in [2.45, 2.75) is 11.6 Å². The first kappa shape index (κ1) is 18.6. The van der Waals surface area contributed by atoms with Crippen LogP contribution < -0.4 is 20.6 Å². The van der Waals surface area contributed by atoms with Crippen molar-refractivity contribution in [1.29, 1.82) is 0 Å². The SMILES string of the molecule is Nn1c(SCCC(=O)Nc2ccc3c(c2)OCO3)nnc1-c1ccc(Br)cc1. The summed E-state index contributed by atoms with van der Waals surface area (Å²) in [4.78, 5) is 12.2. The second kappa shape index (κ2) is 8.11. The number of anilines is 1. The van der Waals surface area contributed by atoms with E-state index in [0.717, 1.165) is 10.0 Å². The summed E-state index contributed by atoms with van der Waals surface area (Å²) in [7, 11) is 0. The molecular weight excluding hydrogens is 446 g/mol. The molecule has 0 spiro atoms. The average molecular weight is 462 g/mol. The molecule has 1 aliphatic rings. The van der Waals surface area contributed by atoms with E-state index in [4.69, 9.17) is 15.3 Å². The van der Waals surface area contributed by atoms with Crippen molar-refractivity contribution in [3.8, 4) is 22.9 Å². The Morgan fingerprint density at radius 3 is 2.79 bits per heavy atom. The molecule has 3 aromatic rings. The minimum absolute atomic E-state index is 0.109. The van der Waals surface area contributed by atoms with Gasteiger partial charge >= 0.3 is 0 Å². The van der Waals surface area contributed by atoms with Crippen molar-refractivity contribution in [3.63, 3.8) is 0 Å². The van der Waals surface area contributed by atoms with Crippen LogP contribution in [0.3, 0.4) is 0 Å². The molecule has 0 aliphatic carbocycles. The van der Waals surface area contributed by atoms with Gasteiger partial charge in [-0.2, -0.15) is 0 Å². The van der Waals surface area contributed by atoms with E-state index in [1.54, 1.807) is 18.2 Å². The summed E-state index contributed by atoms with van der Waals surface area (Å²) in [5, 5.41) is 11.6. The molecule has 0 radical (unpaired) electrons. The number of rotatable bonds is 6. The van der Waals surface area contributed by atoms with Crippen LogP contribution in [0.15, 0.2) is 52.1 Å². The van der Waals surface area contributed by atoms with Gasteiger partial charge in [-0.05, 0) is 24.3 Å². The zero-order valence-corrected chi connectivity index (χ0v) is 17.0. The normalized spacial score (nSPS) is 12.2. The number of benzene rings is 2. The van der Waals surface area contributed by atoms with Crippen molar-refractivity contribution in [2.75, 3.05) is 23.7 Å². The van der Waals surface area contributed by atoms with Crippen molar-refractivity contribution in [1.82, 2.24) is 14.9 Å². The van der Waals surface area contributed by atoms with Gasteiger partial charge in [0.15, 0.2) is 17.3 Å². The van der Waals surface area contributed by atoms with Gasteiger partial charge in [-0.15, -0.1) is 10.2 Å². The Bertz CT molecular complexity index is 1010. The lowest BCUT2D eigenvalue weighted by molar-refractivity contribution is -0.115. The van der Waals surface area contributed by atoms with Crippen LogP contribution in [-0.2, 0) is 4.79 Å². The summed E-state index contributed by atoms with van der Waals surface area (Å²) >= 11 is 4.77. The van der Waals surface area contributed by atoms with Crippen molar-refractivity contribution < 1.29 is 14.3 Å². The van der Waals surface area contributed by atoms with Crippen molar-refractivity contribution in [2.24, 2.45) is 0 Å². The molecule has 0 bridgehead atoms. The third-order valence-corrected chi connectivity index (χ3v) is 5.46. The third kappa shape index (κ3) is 4.07. The summed E-state index contributed by atoms with van der Waals surface area (Å²) in [6.07, 6.45) is 0.305. The maximum atomic E-state index is 12.2. The van der Waals surface area contributed by atoms with Crippen LogP contribution in [0.5, 0.6) is 11.5 Å². The van der Waals surface area contributed by atoms with E-state index in [-0.39, 0.29) is 12.7 Å². The highest BCUT2D eigenvalue weighted by Crippen LogP contribution is 2.34. The topological polar surface area (TPSA) is 104 Å². The molecule has 2 aromatic carbocycles. The Kier molecular flexibility index (Phi) is 5.40. The number of aromatic nitrogens is 3. The van der Waals surface area contributed by atoms with E-state index in [9.17, 15) is 4.79 Å². The molecule has 8 nitrogen and oxygen atoms in total. The van der Waals surface area contributed by atoms with Gasteiger partial charge in [0.2, 0.25) is 17.9 Å². The standard InChI is InChI=1S/C18H16BrN5O3S/c19-12-3-1-11(2-4-12)17-22-23-18(24(17)20)28-8-7-16(25)21-13-5-6-14-15(9-13)27-10-26-14/h1-6,9H,7-8,10,20H2,(H,21,25). The second-order valence-electron chi connectivity index (χ2n) is 5.90. The van der Waals surface area contributed by atoms with Crippen LogP contribution in [-0.4, -0.2) is 33.3 Å². The van der Waals surface area contributed by atoms with Gasteiger partial charge in [-0.1, -0.05) is 39.8 Å². The number of halogens is 1. The van der Waals surface area contributed by atoms with Crippen molar-refractivity contribution in [3.05, 3.63) is 46.9 Å².